The summed E-state index contributed by atoms with van der Waals surface area (Å²) in [4.78, 5) is 0. The van der Waals surface area contributed by atoms with Crippen molar-refractivity contribution in [2.24, 2.45) is 0 Å². The van der Waals surface area contributed by atoms with Crippen molar-refractivity contribution >= 4 is 0 Å². The van der Waals surface area contributed by atoms with E-state index in [0.717, 1.165) is 32.7 Å². The number of ether oxygens (including phenoxy) is 1. The summed E-state index contributed by atoms with van der Waals surface area (Å²) in [7, 11) is 0. The van der Waals surface area contributed by atoms with E-state index >= 15 is 0 Å². The molecule has 1 N–H and O–H groups in total. The highest BCUT2D eigenvalue weighted by Gasteiger charge is 1.84. The maximum Gasteiger partial charge on any atom is 0.0590 e. The fourth-order valence-corrected chi connectivity index (χ4v) is 0.690. The Balaban J connectivity index is 2.83. The summed E-state index contributed by atoms with van der Waals surface area (Å²) < 4.78 is 5.14. The molecule has 0 aromatic carbocycles. The zero-order valence-electron chi connectivity index (χ0n) is 7.44. The van der Waals surface area contributed by atoms with Crippen LogP contribution in [0, 0.1) is 11.8 Å². The van der Waals surface area contributed by atoms with Gasteiger partial charge in [0.15, 0.2) is 0 Å². The highest BCUT2D eigenvalue weighted by atomic mass is 16.5. The van der Waals surface area contributed by atoms with Gasteiger partial charge >= 0.3 is 0 Å². The third-order valence-corrected chi connectivity index (χ3v) is 1.23. The van der Waals surface area contributed by atoms with Gasteiger partial charge in [0.2, 0.25) is 0 Å². The number of rotatable bonds is 6. The van der Waals surface area contributed by atoms with Crippen LogP contribution >= 0.6 is 0 Å². The highest BCUT2D eigenvalue weighted by molar-refractivity contribution is 4.94. The summed E-state index contributed by atoms with van der Waals surface area (Å²) in [6.45, 7) is 7.36. The summed E-state index contributed by atoms with van der Waals surface area (Å²) in [5.74, 6) is 5.83. The maximum absolute atomic E-state index is 5.14. The van der Waals surface area contributed by atoms with E-state index in [1.807, 2.05) is 13.8 Å². The second-order valence-corrected chi connectivity index (χ2v) is 2.12. The first kappa shape index (κ1) is 10.5. The molecule has 2 nitrogen and oxygen atoms in total. The first-order chi connectivity index (χ1) is 5.41. The normalized spacial score (nSPS) is 8.91. The molecule has 0 saturated heterocycles. The van der Waals surface area contributed by atoms with Crippen LogP contribution in [0.1, 0.15) is 20.3 Å². The molecule has 64 valence electrons. The number of nitrogens with one attached hydrogen (secondary N) is 1. The van der Waals surface area contributed by atoms with Crippen molar-refractivity contribution in [2.45, 2.75) is 20.3 Å². The molecule has 0 unspecified atom stereocenters. The summed E-state index contributed by atoms with van der Waals surface area (Å²) in [6.07, 6.45) is 0.933. The van der Waals surface area contributed by atoms with Crippen molar-refractivity contribution in [2.75, 3.05) is 26.3 Å². The van der Waals surface area contributed by atoms with Crippen molar-refractivity contribution in [1.82, 2.24) is 5.32 Å². The summed E-state index contributed by atoms with van der Waals surface area (Å²) in [5.41, 5.74) is 0. The minimum absolute atomic E-state index is 0.802. The second kappa shape index (κ2) is 9.48. The summed E-state index contributed by atoms with van der Waals surface area (Å²) in [6, 6.07) is 0. The molecule has 2 heteroatoms. The largest absolute Gasteiger partial charge is 0.380 e. The Kier molecular flexibility index (Phi) is 9.03. The van der Waals surface area contributed by atoms with Crippen LogP contribution in [0.2, 0.25) is 0 Å². The highest BCUT2D eigenvalue weighted by Crippen LogP contribution is 1.73. The van der Waals surface area contributed by atoms with E-state index in [1.54, 1.807) is 0 Å². The molecule has 0 aliphatic heterocycles. The number of hydrogen-bond donors (Lipinski definition) is 1. The van der Waals surface area contributed by atoms with Gasteiger partial charge in [-0.2, -0.15) is 0 Å². The van der Waals surface area contributed by atoms with Gasteiger partial charge in [-0.15, -0.1) is 11.8 Å². The van der Waals surface area contributed by atoms with E-state index < -0.39 is 0 Å². The lowest BCUT2D eigenvalue weighted by Crippen LogP contribution is -2.20. The molecule has 0 saturated carbocycles. The molecule has 0 aromatic rings. The van der Waals surface area contributed by atoms with Crippen molar-refractivity contribution in [3.8, 4) is 11.8 Å². The van der Waals surface area contributed by atoms with Crippen molar-refractivity contribution in [1.29, 1.82) is 0 Å². The van der Waals surface area contributed by atoms with Crippen molar-refractivity contribution in [3.05, 3.63) is 0 Å². The Morgan fingerprint density at radius 3 is 2.82 bits per heavy atom. The van der Waals surface area contributed by atoms with Crippen LogP contribution in [0.4, 0.5) is 0 Å². The third kappa shape index (κ3) is 9.48. The number of hydrogen-bond acceptors (Lipinski definition) is 2. The molecular weight excluding hydrogens is 138 g/mol. The molecule has 11 heavy (non-hydrogen) atoms. The molecule has 0 spiro atoms. The minimum atomic E-state index is 0.802. The van der Waals surface area contributed by atoms with Gasteiger partial charge < -0.3 is 10.1 Å². The van der Waals surface area contributed by atoms with Gasteiger partial charge in [0.05, 0.1) is 6.61 Å². The van der Waals surface area contributed by atoms with Crippen molar-refractivity contribution in [3.63, 3.8) is 0 Å². The molecule has 0 fully saturated rings. The fraction of sp³-hybridized carbons (Fsp3) is 0.778. The second-order valence-electron chi connectivity index (χ2n) is 2.12. The molecule has 0 aliphatic carbocycles. The smallest absolute Gasteiger partial charge is 0.0590 e. The quantitative estimate of drug-likeness (QED) is 0.457. The molecule has 0 rings (SSSR count). The monoisotopic (exact) mass is 155 g/mol. The predicted octanol–water partition coefficient (Wildman–Crippen LogP) is 1.03. The van der Waals surface area contributed by atoms with Gasteiger partial charge in [0.1, 0.15) is 0 Å². The SMILES string of the molecule is CC#CCCNCCOCC. The average Bonchev–Trinajstić information content (AvgIpc) is 2.03. The van der Waals surface area contributed by atoms with E-state index in [4.69, 9.17) is 4.74 Å². The average molecular weight is 155 g/mol. The van der Waals surface area contributed by atoms with Gasteiger partial charge in [-0.3, -0.25) is 0 Å². The Bertz CT molecular complexity index is 123. The summed E-state index contributed by atoms with van der Waals surface area (Å²) >= 11 is 0. The topological polar surface area (TPSA) is 21.3 Å². The molecule has 0 amide bonds. The molecule has 0 aliphatic rings. The van der Waals surface area contributed by atoms with Crippen LogP contribution in [0.3, 0.4) is 0 Å². The van der Waals surface area contributed by atoms with E-state index in [2.05, 4.69) is 17.2 Å². The molecule has 0 bridgehead atoms. The van der Waals surface area contributed by atoms with Crippen LogP contribution in [0.5, 0.6) is 0 Å². The van der Waals surface area contributed by atoms with Crippen LogP contribution in [0.25, 0.3) is 0 Å². The lowest BCUT2D eigenvalue weighted by Gasteiger charge is -2.01. The zero-order valence-corrected chi connectivity index (χ0v) is 7.44. The van der Waals surface area contributed by atoms with Gasteiger partial charge in [0.25, 0.3) is 0 Å². The van der Waals surface area contributed by atoms with Crippen molar-refractivity contribution < 1.29 is 4.74 Å². The van der Waals surface area contributed by atoms with E-state index in [9.17, 15) is 0 Å². The van der Waals surface area contributed by atoms with Gasteiger partial charge in [0, 0.05) is 26.1 Å². The van der Waals surface area contributed by atoms with E-state index in [1.165, 1.54) is 0 Å². The van der Waals surface area contributed by atoms with Gasteiger partial charge in [-0.1, -0.05) is 0 Å². The lowest BCUT2D eigenvalue weighted by atomic mass is 10.4. The fourth-order valence-electron chi connectivity index (χ4n) is 0.690. The standard InChI is InChI=1S/C9H17NO/c1-3-5-6-7-10-8-9-11-4-2/h10H,4,6-9H2,1-2H3. The van der Waals surface area contributed by atoms with E-state index in [-0.39, 0.29) is 0 Å². The molecule has 0 aromatic heterocycles. The molecular formula is C9H17NO. The summed E-state index contributed by atoms with van der Waals surface area (Å²) in [5, 5.41) is 3.23. The maximum atomic E-state index is 5.14. The third-order valence-electron chi connectivity index (χ3n) is 1.23. The Morgan fingerprint density at radius 1 is 1.36 bits per heavy atom. The first-order valence-corrected chi connectivity index (χ1v) is 4.10. The van der Waals surface area contributed by atoms with E-state index in [0.29, 0.717) is 0 Å². The van der Waals surface area contributed by atoms with Crippen LogP contribution in [-0.4, -0.2) is 26.3 Å². The minimum Gasteiger partial charge on any atom is -0.380 e. The molecule has 0 heterocycles. The predicted molar refractivity (Wildman–Crippen MR) is 47.4 cm³/mol. The van der Waals surface area contributed by atoms with Crippen LogP contribution < -0.4 is 5.32 Å². The van der Waals surface area contributed by atoms with Crippen LogP contribution in [0.15, 0.2) is 0 Å². The van der Waals surface area contributed by atoms with Gasteiger partial charge in [-0.05, 0) is 13.8 Å². The van der Waals surface area contributed by atoms with Gasteiger partial charge in [-0.25, -0.2) is 0 Å². The van der Waals surface area contributed by atoms with Crippen LogP contribution in [-0.2, 0) is 4.74 Å². The lowest BCUT2D eigenvalue weighted by molar-refractivity contribution is 0.149. The Labute approximate surface area is 69.3 Å². The Hall–Kier alpha value is -0.520. The molecule has 0 radical (unpaired) electrons. The molecule has 0 atom stereocenters. The zero-order chi connectivity index (χ0) is 8.36. The Morgan fingerprint density at radius 2 is 2.18 bits per heavy atom. The first-order valence-electron chi connectivity index (χ1n) is 4.10.